The molecule has 0 fully saturated rings. The number of nitrogens with one attached hydrogen (secondary N) is 2. The molecule has 0 aromatic heterocycles. The maximum Gasteiger partial charge on any atom is 0.0308 e. The van der Waals surface area contributed by atoms with Crippen LogP contribution in [0.2, 0.25) is 0 Å². The summed E-state index contributed by atoms with van der Waals surface area (Å²) < 4.78 is 0. The maximum atomic E-state index is 7.34. The van der Waals surface area contributed by atoms with Gasteiger partial charge in [-0.1, -0.05) is 12.2 Å². The molecule has 0 bridgehead atoms. The molecular formula is C11H18N2. The smallest absolute Gasteiger partial charge is 0.0308 e. The Kier molecular flexibility index (Phi) is 5.77. The molecule has 0 aliphatic heterocycles. The molecule has 0 atom stereocenters. The summed E-state index contributed by atoms with van der Waals surface area (Å²) in [5.41, 5.74) is 2.67. The van der Waals surface area contributed by atoms with E-state index in [0.29, 0.717) is 5.71 Å². The van der Waals surface area contributed by atoms with E-state index in [4.69, 9.17) is 10.8 Å². The summed E-state index contributed by atoms with van der Waals surface area (Å²) in [4.78, 5) is 0. The van der Waals surface area contributed by atoms with Gasteiger partial charge in [0, 0.05) is 11.9 Å². The largest absolute Gasteiger partial charge is 0.308 e. The summed E-state index contributed by atoms with van der Waals surface area (Å²) in [7, 11) is 0. The van der Waals surface area contributed by atoms with Crippen LogP contribution in [0.5, 0.6) is 0 Å². The van der Waals surface area contributed by atoms with E-state index in [1.54, 1.807) is 6.92 Å². The van der Waals surface area contributed by atoms with E-state index in [9.17, 15) is 0 Å². The van der Waals surface area contributed by atoms with Gasteiger partial charge in [0.25, 0.3) is 0 Å². The van der Waals surface area contributed by atoms with E-state index >= 15 is 0 Å². The van der Waals surface area contributed by atoms with Crippen molar-refractivity contribution in [2.45, 2.75) is 33.6 Å². The van der Waals surface area contributed by atoms with Gasteiger partial charge in [-0.05, 0) is 44.8 Å². The molecule has 2 nitrogen and oxygen atoms in total. The summed E-state index contributed by atoms with van der Waals surface area (Å²) in [5, 5.41) is 14.3. The summed E-state index contributed by atoms with van der Waals surface area (Å²) in [6.07, 6.45) is 7.36. The van der Waals surface area contributed by atoms with Gasteiger partial charge in [0.15, 0.2) is 0 Å². The molecule has 0 saturated heterocycles. The molecule has 0 aliphatic rings. The number of hydrogen-bond acceptors (Lipinski definition) is 2. The molecule has 0 aromatic rings. The second-order valence-corrected chi connectivity index (χ2v) is 3.18. The minimum atomic E-state index is 0.632. The van der Waals surface area contributed by atoms with Gasteiger partial charge >= 0.3 is 0 Å². The predicted octanol–water partition coefficient (Wildman–Crippen LogP) is 3.35. The molecule has 0 spiro atoms. The number of allylic oxidation sites excluding steroid dienone is 4. The highest BCUT2D eigenvalue weighted by atomic mass is 14.4. The number of hydrogen-bond donors (Lipinski definition) is 2. The van der Waals surface area contributed by atoms with Gasteiger partial charge in [-0.2, -0.15) is 0 Å². The lowest BCUT2D eigenvalue weighted by Gasteiger charge is -1.96. The van der Waals surface area contributed by atoms with Gasteiger partial charge in [0.2, 0.25) is 0 Å². The average molecular weight is 178 g/mol. The molecule has 0 aliphatic carbocycles. The van der Waals surface area contributed by atoms with Crippen molar-refractivity contribution in [2.24, 2.45) is 0 Å². The Morgan fingerprint density at radius 2 is 1.62 bits per heavy atom. The van der Waals surface area contributed by atoms with Crippen LogP contribution in [-0.4, -0.2) is 11.9 Å². The first kappa shape index (κ1) is 11.8. The molecule has 2 heteroatoms. The molecule has 0 heterocycles. The van der Waals surface area contributed by atoms with Crippen molar-refractivity contribution >= 4 is 11.9 Å². The molecule has 0 unspecified atom stereocenters. The lowest BCUT2D eigenvalue weighted by Crippen LogP contribution is -1.89. The van der Waals surface area contributed by atoms with E-state index in [-0.39, 0.29) is 0 Å². The zero-order valence-electron chi connectivity index (χ0n) is 8.65. The van der Waals surface area contributed by atoms with Crippen molar-refractivity contribution < 1.29 is 0 Å². The molecule has 0 saturated carbocycles. The molecule has 0 amide bonds. The first-order valence-electron chi connectivity index (χ1n) is 4.47. The highest BCUT2D eigenvalue weighted by Gasteiger charge is 1.89. The Bertz CT molecular complexity index is 247. The van der Waals surface area contributed by atoms with Crippen molar-refractivity contribution in [2.75, 3.05) is 0 Å². The van der Waals surface area contributed by atoms with Crippen LogP contribution in [0.25, 0.3) is 0 Å². The quantitative estimate of drug-likeness (QED) is 0.479. The molecule has 0 aromatic carbocycles. The van der Waals surface area contributed by atoms with Crippen LogP contribution >= 0.6 is 0 Å². The third-order valence-corrected chi connectivity index (χ3v) is 1.90. The summed E-state index contributed by atoms with van der Waals surface area (Å²) in [6.45, 7) is 5.67. The SMILES string of the molecule is CC(=N)/C(C)=C/CC/C=C(\C)C=N. The number of rotatable bonds is 5. The minimum Gasteiger partial charge on any atom is -0.308 e. The molecule has 72 valence electrons. The average Bonchev–Trinajstić information content (AvgIpc) is 2.11. The lowest BCUT2D eigenvalue weighted by molar-refractivity contribution is 1.04. The van der Waals surface area contributed by atoms with Crippen molar-refractivity contribution in [3.63, 3.8) is 0 Å². The third-order valence-electron chi connectivity index (χ3n) is 1.90. The van der Waals surface area contributed by atoms with Crippen LogP contribution in [-0.2, 0) is 0 Å². The van der Waals surface area contributed by atoms with Crippen LogP contribution in [0.1, 0.15) is 33.6 Å². The predicted molar refractivity (Wildman–Crippen MR) is 58.9 cm³/mol. The topological polar surface area (TPSA) is 47.7 Å². The lowest BCUT2D eigenvalue weighted by atomic mass is 10.1. The first-order valence-corrected chi connectivity index (χ1v) is 4.47. The van der Waals surface area contributed by atoms with Crippen LogP contribution in [0.15, 0.2) is 23.3 Å². The fourth-order valence-corrected chi connectivity index (χ4v) is 0.823. The van der Waals surface area contributed by atoms with E-state index in [2.05, 4.69) is 6.08 Å². The highest BCUT2D eigenvalue weighted by molar-refractivity contribution is 5.94. The molecule has 2 N–H and O–H groups in total. The van der Waals surface area contributed by atoms with Gasteiger partial charge in [-0.25, -0.2) is 0 Å². The Morgan fingerprint density at radius 3 is 2.08 bits per heavy atom. The van der Waals surface area contributed by atoms with Crippen LogP contribution in [0.4, 0.5) is 0 Å². The monoisotopic (exact) mass is 178 g/mol. The van der Waals surface area contributed by atoms with Gasteiger partial charge in [-0.15, -0.1) is 0 Å². The zero-order valence-corrected chi connectivity index (χ0v) is 8.65. The van der Waals surface area contributed by atoms with Crippen molar-refractivity contribution in [3.05, 3.63) is 23.3 Å². The van der Waals surface area contributed by atoms with E-state index in [0.717, 1.165) is 24.0 Å². The Hall–Kier alpha value is -1.18. The second kappa shape index (κ2) is 6.35. The van der Waals surface area contributed by atoms with Gasteiger partial charge < -0.3 is 10.8 Å². The zero-order chi connectivity index (χ0) is 10.3. The minimum absolute atomic E-state index is 0.632. The van der Waals surface area contributed by atoms with Crippen molar-refractivity contribution in [1.29, 1.82) is 10.8 Å². The maximum absolute atomic E-state index is 7.34. The fourth-order valence-electron chi connectivity index (χ4n) is 0.823. The summed E-state index contributed by atoms with van der Waals surface area (Å²) in [5.74, 6) is 0. The van der Waals surface area contributed by atoms with E-state index in [1.807, 2.05) is 19.9 Å². The number of unbranched alkanes of at least 4 members (excludes halogenated alkanes) is 1. The van der Waals surface area contributed by atoms with Crippen molar-refractivity contribution in [1.82, 2.24) is 0 Å². The molecule has 0 rings (SSSR count). The second-order valence-electron chi connectivity index (χ2n) is 3.18. The normalized spacial score (nSPS) is 12.8. The van der Waals surface area contributed by atoms with E-state index < -0.39 is 0 Å². The highest BCUT2D eigenvalue weighted by Crippen LogP contribution is 2.02. The first-order chi connectivity index (χ1) is 6.07. The van der Waals surface area contributed by atoms with Crippen molar-refractivity contribution in [3.8, 4) is 0 Å². The Morgan fingerprint density at radius 1 is 1.08 bits per heavy atom. The van der Waals surface area contributed by atoms with E-state index in [1.165, 1.54) is 6.21 Å². The summed E-state index contributed by atoms with van der Waals surface area (Å²) >= 11 is 0. The van der Waals surface area contributed by atoms with Crippen LogP contribution < -0.4 is 0 Å². The molecule has 0 radical (unpaired) electrons. The fraction of sp³-hybridized carbons (Fsp3) is 0.455. The van der Waals surface area contributed by atoms with Gasteiger partial charge in [0.05, 0.1) is 0 Å². The van der Waals surface area contributed by atoms with Gasteiger partial charge in [-0.3, -0.25) is 0 Å². The van der Waals surface area contributed by atoms with Crippen LogP contribution in [0.3, 0.4) is 0 Å². The Labute approximate surface area is 80.4 Å². The standard InChI is InChI=1S/C11H18N2/c1-9(8-12)6-4-5-7-10(2)11(3)13/h6-8,12-13H,4-5H2,1-3H3/b9-6+,10-7+,12-8?,13-11?. The van der Waals surface area contributed by atoms with Gasteiger partial charge in [0.1, 0.15) is 0 Å². The third kappa shape index (κ3) is 6.02. The molecule has 13 heavy (non-hydrogen) atoms. The Balaban J connectivity index is 3.86. The van der Waals surface area contributed by atoms with Crippen LogP contribution in [0, 0.1) is 10.8 Å². The summed E-state index contributed by atoms with van der Waals surface area (Å²) in [6, 6.07) is 0. The molecular weight excluding hydrogens is 160 g/mol.